The third-order valence-electron chi connectivity index (χ3n) is 2.91. The molecular formula is C16H14ClNO. The number of rotatable bonds is 3. The summed E-state index contributed by atoms with van der Waals surface area (Å²) < 4.78 is 5.79. The van der Waals surface area contributed by atoms with Crippen LogP contribution in [0.15, 0.2) is 36.4 Å². The summed E-state index contributed by atoms with van der Waals surface area (Å²) in [6, 6.07) is 13.4. The van der Waals surface area contributed by atoms with Gasteiger partial charge in [-0.05, 0) is 43.2 Å². The first-order chi connectivity index (χ1) is 9.10. The molecule has 19 heavy (non-hydrogen) atoms. The van der Waals surface area contributed by atoms with E-state index < -0.39 is 0 Å². The average Bonchev–Trinajstić information content (AvgIpc) is 2.40. The lowest BCUT2D eigenvalue weighted by Gasteiger charge is -2.11. The third-order valence-corrected chi connectivity index (χ3v) is 3.26. The van der Waals surface area contributed by atoms with Crippen LogP contribution in [0.2, 0.25) is 5.02 Å². The second kappa shape index (κ2) is 5.77. The number of aryl methyl sites for hydroxylation is 2. The molecule has 0 saturated heterocycles. The van der Waals surface area contributed by atoms with Crippen LogP contribution in [0, 0.1) is 25.2 Å². The molecule has 96 valence electrons. The number of nitriles is 1. The van der Waals surface area contributed by atoms with Crippen LogP contribution in [0.25, 0.3) is 0 Å². The van der Waals surface area contributed by atoms with Crippen molar-refractivity contribution in [1.29, 1.82) is 5.26 Å². The second-order valence-corrected chi connectivity index (χ2v) is 4.88. The Morgan fingerprint density at radius 2 is 1.95 bits per heavy atom. The Morgan fingerprint density at radius 1 is 1.16 bits per heavy atom. The predicted octanol–water partition coefficient (Wildman–Crippen LogP) is 4.41. The first-order valence-electron chi connectivity index (χ1n) is 5.99. The van der Waals surface area contributed by atoms with Crippen LogP contribution in [0.5, 0.6) is 5.75 Å². The van der Waals surface area contributed by atoms with E-state index in [1.165, 1.54) is 0 Å². The smallest absolute Gasteiger partial charge is 0.122 e. The molecule has 2 aromatic rings. The molecule has 0 amide bonds. The van der Waals surface area contributed by atoms with Crippen LogP contribution < -0.4 is 4.74 Å². The van der Waals surface area contributed by atoms with Gasteiger partial charge in [-0.2, -0.15) is 5.26 Å². The maximum atomic E-state index is 8.79. The molecule has 0 aliphatic rings. The topological polar surface area (TPSA) is 33.0 Å². The highest BCUT2D eigenvalue weighted by Crippen LogP contribution is 2.23. The highest BCUT2D eigenvalue weighted by atomic mass is 35.5. The van der Waals surface area contributed by atoms with Crippen LogP contribution >= 0.6 is 11.6 Å². The van der Waals surface area contributed by atoms with Crippen LogP contribution in [-0.2, 0) is 6.61 Å². The van der Waals surface area contributed by atoms with Crippen molar-refractivity contribution >= 4 is 11.6 Å². The minimum atomic E-state index is 0.398. The Hall–Kier alpha value is -1.98. The molecule has 0 aromatic heterocycles. The molecule has 0 spiro atoms. The lowest BCUT2D eigenvalue weighted by atomic mass is 10.1. The van der Waals surface area contributed by atoms with E-state index in [0.29, 0.717) is 17.2 Å². The monoisotopic (exact) mass is 271 g/mol. The van der Waals surface area contributed by atoms with Crippen molar-refractivity contribution in [3.05, 3.63) is 63.7 Å². The molecule has 0 aliphatic carbocycles. The summed E-state index contributed by atoms with van der Waals surface area (Å²) in [5.41, 5.74) is 3.68. The third kappa shape index (κ3) is 3.27. The normalized spacial score (nSPS) is 10.0. The zero-order chi connectivity index (χ0) is 13.8. The second-order valence-electron chi connectivity index (χ2n) is 4.48. The van der Waals surface area contributed by atoms with E-state index in [1.54, 1.807) is 12.1 Å². The van der Waals surface area contributed by atoms with Gasteiger partial charge in [-0.1, -0.05) is 29.8 Å². The molecule has 0 bridgehead atoms. The summed E-state index contributed by atoms with van der Waals surface area (Å²) in [6.45, 7) is 4.44. The summed E-state index contributed by atoms with van der Waals surface area (Å²) in [5.74, 6) is 0.862. The van der Waals surface area contributed by atoms with Gasteiger partial charge in [0.15, 0.2) is 0 Å². The van der Waals surface area contributed by atoms with Crippen molar-refractivity contribution in [2.45, 2.75) is 20.5 Å². The van der Waals surface area contributed by atoms with Gasteiger partial charge in [0.2, 0.25) is 0 Å². The Morgan fingerprint density at radius 3 is 2.63 bits per heavy atom. The van der Waals surface area contributed by atoms with Crippen molar-refractivity contribution < 1.29 is 4.74 Å². The molecular weight excluding hydrogens is 258 g/mol. The molecule has 2 aromatic carbocycles. The Balaban J connectivity index is 2.15. The lowest BCUT2D eigenvalue weighted by molar-refractivity contribution is 0.304. The van der Waals surface area contributed by atoms with E-state index in [1.807, 2.05) is 32.0 Å². The number of hydrogen-bond donors (Lipinski definition) is 0. The Bertz CT molecular complexity index is 644. The summed E-state index contributed by atoms with van der Waals surface area (Å²) in [4.78, 5) is 0. The van der Waals surface area contributed by atoms with E-state index in [0.717, 1.165) is 22.4 Å². The van der Waals surface area contributed by atoms with E-state index in [9.17, 15) is 0 Å². The van der Waals surface area contributed by atoms with Gasteiger partial charge in [0.05, 0.1) is 11.6 Å². The van der Waals surface area contributed by atoms with Gasteiger partial charge >= 0.3 is 0 Å². The number of ether oxygens (including phenoxy) is 1. The van der Waals surface area contributed by atoms with E-state index in [-0.39, 0.29) is 0 Å². The molecule has 2 nitrogen and oxygen atoms in total. The summed E-state index contributed by atoms with van der Waals surface area (Å²) in [7, 11) is 0. The van der Waals surface area contributed by atoms with Crippen molar-refractivity contribution in [3.63, 3.8) is 0 Å². The van der Waals surface area contributed by atoms with Gasteiger partial charge in [-0.3, -0.25) is 0 Å². The summed E-state index contributed by atoms with van der Waals surface area (Å²) in [6.07, 6.45) is 0. The molecule has 0 saturated carbocycles. The maximum Gasteiger partial charge on any atom is 0.122 e. The van der Waals surface area contributed by atoms with Crippen LogP contribution in [0.1, 0.15) is 22.3 Å². The van der Waals surface area contributed by atoms with Gasteiger partial charge in [-0.15, -0.1) is 0 Å². The first-order valence-corrected chi connectivity index (χ1v) is 6.36. The number of nitrogens with zero attached hydrogens (tertiary/aromatic N) is 1. The zero-order valence-corrected chi connectivity index (χ0v) is 11.7. The van der Waals surface area contributed by atoms with E-state index in [2.05, 4.69) is 12.1 Å². The van der Waals surface area contributed by atoms with E-state index >= 15 is 0 Å². The van der Waals surface area contributed by atoms with Crippen molar-refractivity contribution in [3.8, 4) is 11.8 Å². The molecule has 0 aliphatic heterocycles. The lowest BCUT2D eigenvalue weighted by Crippen LogP contribution is -1.98. The largest absolute Gasteiger partial charge is 0.489 e. The maximum absolute atomic E-state index is 8.79. The van der Waals surface area contributed by atoms with Crippen LogP contribution in [0.3, 0.4) is 0 Å². The van der Waals surface area contributed by atoms with Crippen LogP contribution in [0.4, 0.5) is 0 Å². The van der Waals surface area contributed by atoms with Gasteiger partial charge in [-0.25, -0.2) is 0 Å². The average molecular weight is 272 g/mol. The van der Waals surface area contributed by atoms with Gasteiger partial charge in [0.25, 0.3) is 0 Å². The minimum absolute atomic E-state index is 0.398. The molecule has 0 heterocycles. The van der Waals surface area contributed by atoms with Crippen molar-refractivity contribution in [1.82, 2.24) is 0 Å². The standard InChI is InChI=1S/C16H14ClNO/c1-11-3-4-12(2)16(7-11)19-10-14-6-5-13(9-18)8-15(14)17/h3-8H,10H2,1-2H3. The molecule has 0 atom stereocenters. The van der Waals surface area contributed by atoms with Gasteiger partial charge in [0.1, 0.15) is 12.4 Å². The highest BCUT2D eigenvalue weighted by molar-refractivity contribution is 6.31. The molecule has 0 N–H and O–H groups in total. The van der Waals surface area contributed by atoms with Crippen molar-refractivity contribution in [2.75, 3.05) is 0 Å². The summed E-state index contributed by atoms with van der Waals surface area (Å²) in [5, 5.41) is 9.35. The molecule has 0 radical (unpaired) electrons. The first kappa shape index (κ1) is 13.5. The fraction of sp³-hybridized carbons (Fsp3) is 0.188. The molecule has 0 fully saturated rings. The number of halogens is 1. The molecule has 0 unspecified atom stereocenters. The predicted molar refractivity (Wildman–Crippen MR) is 76.4 cm³/mol. The Labute approximate surface area is 118 Å². The SMILES string of the molecule is Cc1ccc(C)c(OCc2ccc(C#N)cc2Cl)c1. The zero-order valence-electron chi connectivity index (χ0n) is 10.9. The van der Waals surface area contributed by atoms with Gasteiger partial charge < -0.3 is 4.74 Å². The Kier molecular flexibility index (Phi) is 4.09. The van der Waals surface area contributed by atoms with Crippen LogP contribution in [-0.4, -0.2) is 0 Å². The van der Waals surface area contributed by atoms with Crippen molar-refractivity contribution in [2.24, 2.45) is 0 Å². The van der Waals surface area contributed by atoms with Gasteiger partial charge in [0, 0.05) is 10.6 Å². The molecule has 3 heteroatoms. The highest BCUT2D eigenvalue weighted by Gasteiger charge is 2.05. The quantitative estimate of drug-likeness (QED) is 0.828. The fourth-order valence-electron chi connectivity index (χ4n) is 1.75. The summed E-state index contributed by atoms with van der Waals surface area (Å²) >= 11 is 6.11. The minimum Gasteiger partial charge on any atom is -0.489 e. The van der Waals surface area contributed by atoms with E-state index in [4.69, 9.17) is 21.6 Å². The molecule has 2 rings (SSSR count). The number of hydrogen-bond acceptors (Lipinski definition) is 2. The number of benzene rings is 2. The fourth-order valence-corrected chi connectivity index (χ4v) is 1.99.